The number of hydrogen-bond acceptors (Lipinski definition) is 5. The summed E-state index contributed by atoms with van der Waals surface area (Å²) >= 11 is 0.871. The summed E-state index contributed by atoms with van der Waals surface area (Å²) in [6, 6.07) is 18.2. The van der Waals surface area contributed by atoms with Crippen molar-refractivity contribution in [2.45, 2.75) is 6.61 Å². The Morgan fingerprint density at radius 1 is 1.11 bits per heavy atom. The molecule has 0 aliphatic carbocycles. The third-order valence-corrected chi connectivity index (χ3v) is 4.78. The second kappa shape index (κ2) is 8.29. The molecule has 0 atom stereocenters. The monoisotopic (exact) mass is 381 g/mol. The maximum Gasteiger partial charge on any atom is 0.346 e. The second-order valence-electron chi connectivity index (χ2n) is 5.60. The van der Waals surface area contributed by atoms with Gasteiger partial charge in [0, 0.05) is 6.07 Å². The molecule has 1 N–H and O–H groups in total. The number of carbonyl (C=O) groups is 1. The van der Waals surface area contributed by atoms with Gasteiger partial charge in [0.15, 0.2) is 0 Å². The summed E-state index contributed by atoms with van der Waals surface area (Å²) in [7, 11) is 0. The van der Waals surface area contributed by atoms with E-state index in [0.29, 0.717) is 17.2 Å². The van der Waals surface area contributed by atoms with E-state index in [9.17, 15) is 14.9 Å². The predicted molar refractivity (Wildman–Crippen MR) is 104 cm³/mol. The van der Waals surface area contributed by atoms with Gasteiger partial charge in [-0.25, -0.2) is 4.79 Å². The van der Waals surface area contributed by atoms with Gasteiger partial charge in [-0.15, -0.1) is 11.3 Å². The molecule has 0 fully saturated rings. The molecule has 0 aliphatic heterocycles. The summed E-state index contributed by atoms with van der Waals surface area (Å²) in [5.74, 6) is -0.464. The van der Waals surface area contributed by atoms with Crippen LogP contribution < -0.4 is 4.74 Å². The first-order valence-corrected chi connectivity index (χ1v) is 8.81. The van der Waals surface area contributed by atoms with Crippen molar-refractivity contribution in [2.75, 3.05) is 0 Å². The Kier molecular flexibility index (Phi) is 5.63. The van der Waals surface area contributed by atoms with E-state index in [-0.39, 0.29) is 10.6 Å². The molecule has 136 valence electrons. The Morgan fingerprint density at radius 3 is 2.44 bits per heavy atom. The normalized spacial score (nSPS) is 10.8. The van der Waals surface area contributed by atoms with Gasteiger partial charge in [0.1, 0.15) is 22.1 Å². The topological polar surface area (TPSA) is 89.7 Å². The van der Waals surface area contributed by atoms with E-state index < -0.39 is 10.9 Å². The first kappa shape index (κ1) is 18.3. The highest BCUT2D eigenvalue weighted by molar-refractivity contribution is 7.15. The first-order valence-electron chi connectivity index (χ1n) is 7.99. The number of carboxylic acids is 1. The van der Waals surface area contributed by atoms with E-state index in [2.05, 4.69) is 0 Å². The van der Waals surface area contributed by atoms with Gasteiger partial charge in [0.2, 0.25) is 0 Å². The molecular weight excluding hydrogens is 366 g/mol. The molecule has 1 heterocycles. The smallest absolute Gasteiger partial charge is 0.346 e. The molecule has 0 spiro atoms. The highest BCUT2D eigenvalue weighted by Crippen LogP contribution is 2.31. The number of nitrogens with zero attached hydrogens (tertiary/aromatic N) is 1. The lowest BCUT2D eigenvalue weighted by molar-refractivity contribution is -0.384. The standard InChI is InChI=1S/C20H15NO5S/c22-20(23)19-12-17(21(24)25)18(27-19)11-8-14-6-9-16(10-7-14)26-13-15-4-2-1-3-5-15/h1-12H,13H2,(H,22,23)/b11-8+. The summed E-state index contributed by atoms with van der Waals surface area (Å²) in [5, 5.41) is 20.1. The van der Waals surface area contributed by atoms with E-state index in [1.807, 2.05) is 54.6 Å². The molecule has 0 radical (unpaired) electrons. The van der Waals surface area contributed by atoms with Crippen LogP contribution in [0.2, 0.25) is 0 Å². The molecule has 3 aromatic rings. The van der Waals surface area contributed by atoms with Crippen LogP contribution in [0.15, 0.2) is 60.7 Å². The van der Waals surface area contributed by atoms with E-state index in [0.717, 1.165) is 28.5 Å². The van der Waals surface area contributed by atoms with Gasteiger partial charge in [-0.1, -0.05) is 48.5 Å². The molecule has 0 amide bonds. The molecule has 27 heavy (non-hydrogen) atoms. The van der Waals surface area contributed by atoms with Crippen LogP contribution in [0.3, 0.4) is 0 Å². The van der Waals surface area contributed by atoms with Gasteiger partial charge < -0.3 is 9.84 Å². The fourth-order valence-electron chi connectivity index (χ4n) is 2.35. The fraction of sp³-hybridized carbons (Fsp3) is 0.0500. The predicted octanol–water partition coefficient (Wildman–Crippen LogP) is 5.10. The van der Waals surface area contributed by atoms with Crippen LogP contribution in [-0.4, -0.2) is 16.0 Å². The number of rotatable bonds is 7. The summed E-state index contributed by atoms with van der Waals surface area (Å²) in [5.41, 5.74) is 1.68. The van der Waals surface area contributed by atoms with Gasteiger partial charge in [-0.3, -0.25) is 10.1 Å². The van der Waals surface area contributed by atoms with Gasteiger partial charge in [0.25, 0.3) is 5.69 Å². The van der Waals surface area contributed by atoms with Gasteiger partial charge in [0.05, 0.1) is 4.92 Å². The van der Waals surface area contributed by atoms with Gasteiger partial charge in [-0.05, 0) is 29.3 Å². The quantitative estimate of drug-likeness (QED) is 0.454. The molecule has 1 aromatic heterocycles. The highest BCUT2D eigenvalue weighted by Gasteiger charge is 2.20. The first-order chi connectivity index (χ1) is 13.0. The Labute approximate surface area is 159 Å². The van der Waals surface area contributed by atoms with Crippen molar-refractivity contribution in [1.29, 1.82) is 0 Å². The van der Waals surface area contributed by atoms with Crippen molar-refractivity contribution >= 4 is 35.1 Å². The number of carboxylic acid groups (broad SMARTS) is 1. The number of ether oxygens (including phenoxy) is 1. The number of hydrogen-bond donors (Lipinski definition) is 1. The lowest BCUT2D eigenvalue weighted by Crippen LogP contribution is -1.94. The van der Waals surface area contributed by atoms with Crippen molar-refractivity contribution in [3.05, 3.63) is 91.7 Å². The van der Waals surface area contributed by atoms with Crippen LogP contribution in [0.1, 0.15) is 25.7 Å². The summed E-state index contributed by atoms with van der Waals surface area (Å²) < 4.78 is 5.71. The van der Waals surface area contributed by atoms with Crippen molar-refractivity contribution in [2.24, 2.45) is 0 Å². The minimum Gasteiger partial charge on any atom is -0.489 e. The van der Waals surface area contributed by atoms with E-state index >= 15 is 0 Å². The van der Waals surface area contributed by atoms with Crippen LogP contribution >= 0.6 is 11.3 Å². The zero-order valence-corrected chi connectivity index (χ0v) is 14.9. The Balaban J connectivity index is 1.69. The Hall–Kier alpha value is -3.45. The van der Waals surface area contributed by atoms with Crippen LogP contribution in [0.5, 0.6) is 5.75 Å². The molecule has 0 bridgehead atoms. The zero-order chi connectivity index (χ0) is 19.2. The molecule has 0 aliphatic rings. The largest absolute Gasteiger partial charge is 0.489 e. The highest BCUT2D eigenvalue weighted by atomic mass is 32.1. The van der Waals surface area contributed by atoms with E-state index in [1.165, 1.54) is 0 Å². The molecule has 0 saturated heterocycles. The molecule has 2 aromatic carbocycles. The molecule has 3 rings (SSSR count). The lowest BCUT2D eigenvalue weighted by atomic mass is 10.2. The molecule has 0 saturated carbocycles. The zero-order valence-electron chi connectivity index (χ0n) is 14.1. The minimum atomic E-state index is -1.18. The van der Waals surface area contributed by atoms with Gasteiger partial charge in [-0.2, -0.15) is 0 Å². The van der Waals surface area contributed by atoms with Crippen LogP contribution in [0.25, 0.3) is 12.2 Å². The summed E-state index contributed by atoms with van der Waals surface area (Å²) in [4.78, 5) is 21.7. The SMILES string of the molecule is O=C(O)c1cc([N+](=O)[O-])c(/C=C/c2ccc(OCc3ccccc3)cc2)s1. The maximum absolute atomic E-state index is 11.1. The van der Waals surface area contributed by atoms with E-state index in [1.54, 1.807) is 12.2 Å². The third-order valence-electron chi connectivity index (χ3n) is 3.70. The summed E-state index contributed by atoms with van der Waals surface area (Å²) in [6.45, 7) is 0.468. The minimum absolute atomic E-state index is 0.0639. The average Bonchev–Trinajstić information content (AvgIpc) is 3.11. The van der Waals surface area contributed by atoms with Crippen LogP contribution in [0, 0.1) is 10.1 Å². The maximum atomic E-state index is 11.1. The fourth-order valence-corrected chi connectivity index (χ4v) is 3.22. The average molecular weight is 381 g/mol. The van der Waals surface area contributed by atoms with E-state index in [4.69, 9.17) is 9.84 Å². The third kappa shape index (κ3) is 4.80. The number of thiophene rings is 1. The number of nitro groups is 1. The Morgan fingerprint density at radius 2 is 1.81 bits per heavy atom. The van der Waals surface area contributed by atoms with Gasteiger partial charge >= 0.3 is 5.97 Å². The van der Waals surface area contributed by atoms with Crippen molar-refractivity contribution in [3.63, 3.8) is 0 Å². The second-order valence-corrected chi connectivity index (χ2v) is 6.68. The number of benzene rings is 2. The summed E-state index contributed by atoms with van der Waals surface area (Å²) in [6.07, 6.45) is 3.25. The van der Waals surface area contributed by atoms with Crippen molar-refractivity contribution in [1.82, 2.24) is 0 Å². The molecular formula is C20H15NO5S. The van der Waals surface area contributed by atoms with Crippen LogP contribution in [-0.2, 0) is 6.61 Å². The number of aromatic carboxylic acids is 1. The molecule has 6 nitrogen and oxygen atoms in total. The van der Waals surface area contributed by atoms with Crippen molar-refractivity contribution in [3.8, 4) is 5.75 Å². The molecule has 7 heteroatoms. The Bertz CT molecular complexity index is 977. The van der Waals surface area contributed by atoms with Crippen LogP contribution in [0.4, 0.5) is 5.69 Å². The molecule has 0 unspecified atom stereocenters. The lowest BCUT2D eigenvalue weighted by Gasteiger charge is -2.06. The van der Waals surface area contributed by atoms with Crippen molar-refractivity contribution < 1.29 is 19.6 Å².